The second kappa shape index (κ2) is 10.7. The Hall–Kier alpha value is -3.24. The van der Waals surface area contributed by atoms with Crippen LogP contribution in [-0.4, -0.2) is 29.0 Å². The number of benzene rings is 2. The molecule has 210 valence electrons. The van der Waals surface area contributed by atoms with E-state index < -0.39 is 53.2 Å². The van der Waals surface area contributed by atoms with Gasteiger partial charge < -0.3 is 19.3 Å². The van der Waals surface area contributed by atoms with Crippen LogP contribution in [0.3, 0.4) is 0 Å². The summed E-state index contributed by atoms with van der Waals surface area (Å²) in [6.07, 6.45) is -7.10. The average Bonchev–Trinajstić information content (AvgIpc) is 3.16. The minimum atomic E-state index is -4.79. The number of pyridine rings is 1. The molecule has 1 N–H and O–H groups in total. The van der Waals surface area contributed by atoms with E-state index >= 15 is 0 Å². The number of aliphatic hydroxyl groups is 1. The van der Waals surface area contributed by atoms with Crippen molar-refractivity contribution in [3.63, 3.8) is 0 Å². The van der Waals surface area contributed by atoms with Crippen molar-refractivity contribution in [3.8, 4) is 11.5 Å². The fourth-order valence-corrected chi connectivity index (χ4v) is 5.25. The SMILES string of the molecule is COc1c([C@H]2[C@H](c3cc(OCc4ccccc4)c([C@H](C)O)c(C)n3)O[C@@](C)(C(F)(F)F)[C@H]2C)ccc(F)c1F. The summed E-state index contributed by atoms with van der Waals surface area (Å²) in [5.74, 6) is -5.12. The average molecular weight is 552 g/mol. The normalized spacial score (nSPS) is 24.0. The Balaban J connectivity index is 1.87. The van der Waals surface area contributed by atoms with Crippen LogP contribution in [0.2, 0.25) is 0 Å². The van der Waals surface area contributed by atoms with E-state index in [1.54, 1.807) is 6.92 Å². The molecule has 1 saturated heterocycles. The van der Waals surface area contributed by atoms with Gasteiger partial charge in [-0.2, -0.15) is 17.6 Å². The Labute approximate surface area is 223 Å². The Morgan fingerprint density at radius 3 is 2.38 bits per heavy atom. The Bertz CT molecular complexity index is 1330. The molecule has 0 spiro atoms. The zero-order valence-corrected chi connectivity index (χ0v) is 22.1. The van der Waals surface area contributed by atoms with Crippen molar-refractivity contribution in [3.05, 3.63) is 88.2 Å². The Morgan fingerprint density at radius 2 is 1.79 bits per heavy atom. The fourth-order valence-electron chi connectivity index (χ4n) is 5.25. The predicted octanol–water partition coefficient (Wildman–Crippen LogP) is 7.12. The topological polar surface area (TPSA) is 60.8 Å². The van der Waals surface area contributed by atoms with Crippen molar-refractivity contribution >= 4 is 0 Å². The summed E-state index contributed by atoms with van der Waals surface area (Å²) < 4.78 is 88.7. The van der Waals surface area contributed by atoms with Gasteiger partial charge in [0.05, 0.1) is 18.9 Å². The van der Waals surface area contributed by atoms with Crippen molar-refractivity contribution in [2.45, 2.75) is 64.2 Å². The first-order valence-electron chi connectivity index (χ1n) is 12.4. The van der Waals surface area contributed by atoms with Gasteiger partial charge in [-0.1, -0.05) is 43.3 Å². The monoisotopic (exact) mass is 551 g/mol. The first-order valence-corrected chi connectivity index (χ1v) is 12.4. The lowest BCUT2D eigenvalue weighted by Gasteiger charge is -2.32. The zero-order chi connectivity index (χ0) is 28.7. The highest BCUT2D eigenvalue weighted by molar-refractivity contribution is 5.45. The molecule has 0 aliphatic carbocycles. The molecular formula is C29H30F5NO4. The van der Waals surface area contributed by atoms with E-state index in [0.717, 1.165) is 25.7 Å². The van der Waals surface area contributed by atoms with Crippen molar-refractivity contribution in [2.75, 3.05) is 7.11 Å². The molecule has 5 nitrogen and oxygen atoms in total. The lowest BCUT2D eigenvalue weighted by atomic mass is 9.76. The third kappa shape index (κ3) is 5.19. The number of methoxy groups -OCH3 is 1. The second-order valence-corrected chi connectivity index (χ2v) is 9.94. The number of alkyl halides is 3. The minimum absolute atomic E-state index is 0.0210. The molecule has 3 aromatic rings. The molecule has 0 amide bonds. The quantitative estimate of drug-likeness (QED) is 0.317. The molecular weight excluding hydrogens is 521 g/mol. The van der Waals surface area contributed by atoms with Gasteiger partial charge in [0, 0.05) is 34.7 Å². The molecule has 1 aromatic heterocycles. The summed E-state index contributed by atoms with van der Waals surface area (Å²) >= 11 is 0. The van der Waals surface area contributed by atoms with Gasteiger partial charge in [-0.25, -0.2) is 4.39 Å². The van der Waals surface area contributed by atoms with Crippen molar-refractivity contribution in [2.24, 2.45) is 5.92 Å². The summed E-state index contributed by atoms with van der Waals surface area (Å²) in [5.41, 5.74) is -0.976. The highest BCUT2D eigenvalue weighted by Gasteiger charge is 2.65. The summed E-state index contributed by atoms with van der Waals surface area (Å²) in [6, 6.07) is 12.7. The molecule has 2 heterocycles. The van der Waals surface area contributed by atoms with Crippen LogP contribution in [0.15, 0.2) is 48.5 Å². The highest BCUT2D eigenvalue weighted by atomic mass is 19.4. The first-order chi connectivity index (χ1) is 18.3. The summed E-state index contributed by atoms with van der Waals surface area (Å²) in [6.45, 7) is 5.55. The Morgan fingerprint density at radius 1 is 1.13 bits per heavy atom. The number of ether oxygens (including phenoxy) is 3. The van der Waals surface area contributed by atoms with Gasteiger partial charge in [-0.15, -0.1) is 0 Å². The molecule has 1 fully saturated rings. The smallest absolute Gasteiger partial charge is 0.417 e. The van der Waals surface area contributed by atoms with Crippen LogP contribution < -0.4 is 9.47 Å². The molecule has 0 radical (unpaired) electrons. The van der Waals surface area contributed by atoms with E-state index in [-0.39, 0.29) is 23.6 Å². The van der Waals surface area contributed by atoms with Gasteiger partial charge >= 0.3 is 6.18 Å². The number of aryl methyl sites for hydroxylation is 1. The number of halogens is 5. The van der Waals surface area contributed by atoms with Crippen LogP contribution >= 0.6 is 0 Å². The number of hydrogen-bond donors (Lipinski definition) is 1. The van der Waals surface area contributed by atoms with E-state index in [1.165, 1.54) is 26.0 Å². The standard InChI is InChI=1S/C29H30F5NO4/c1-15-23(19-11-12-20(30)25(31)26(19)37-5)27(39-28(15,4)29(32,33)34)21-13-22(24(17(3)36)16(2)35-21)38-14-18-9-7-6-8-10-18/h6-13,15,17,23,27,36H,14H2,1-5H3/t15-,17-,23-,27-,28+/m0/s1. The van der Waals surface area contributed by atoms with E-state index in [2.05, 4.69) is 4.98 Å². The molecule has 5 atom stereocenters. The first kappa shape index (κ1) is 28.8. The molecule has 0 saturated carbocycles. The van der Waals surface area contributed by atoms with Crippen LogP contribution in [0, 0.1) is 24.5 Å². The number of nitrogens with zero attached hydrogens (tertiary/aromatic N) is 1. The molecule has 1 aliphatic rings. The summed E-state index contributed by atoms with van der Waals surface area (Å²) in [4.78, 5) is 4.50. The van der Waals surface area contributed by atoms with Crippen LogP contribution in [0.25, 0.3) is 0 Å². The van der Waals surface area contributed by atoms with Crippen molar-refractivity contribution in [1.82, 2.24) is 4.98 Å². The third-order valence-corrected chi connectivity index (χ3v) is 7.49. The van der Waals surface area contributed by atoms with E-state index in [9.17, 15) is 27.1 Å². The van der Waals surface area contributed by atoms with Gasteiger partial charge in [0.2, 0.25) is 5.82 Å². The lowest BCUT2D eigenvalue weighted by Crippen LogP contribution is -2.46. The largest absolute Gasteiger partial charge is 0.493 e. The maximum absolute atomic E-state index is 14.7. The van der Waals surface area contributed by atoms with E-state index in [4.69, 9.17) is 14.2 Å². The second-order valence-electron chi connectivity index (χ2n) is 9.94. The van der Waals surface area contributed by atoms with Gasteiger partial charge in [0.15, 0.2) is 17.2 Å². The van der Waals surface area contributed by atoms with Gasteiger partial charge in [-0.05, 0) is 32.4 Å². The van der Waals surface area contributed by atoms with E-state index in [0.29, 0.717) is 11.3 Å². The number of rotatable bonds is 7. The van der Waals surface area contributed by atoms with Crippen LogP contribution in [0.4, 0.5) is 22.0 Å². The molecule has 2 aromatic carbocycles. The summed E-state index contributed by atoms with van der Waals surface area (Å²) in [5, 5.41) is 10.4. The van der Waals surface area contributed by atoms with Crippen LogP contribution in [0.1, 0.15) is 67.0 Å². The zero-order valence-electron chi connectivity index (χ0n) is 22.1. The molecule has 39 heavy (non-hydrogen) atoms. The lowest BCUT2D eigenvalue weighted by molar-refractivity contribution is -0.275. The van der Waals surface area contributed by atoms with Crippen molar-refractivity contribution < 1.29 is 41.3 Å². The molecule has 4 rings (SSSR count). The fraction of sp³-hybridized carbons (Fsp3) is 0.414. The van der Waals surface area contributed by atoms with E-state index in [1.807, 2.05) is 30.3 Å². The van der Waals surface area contributed by atoms with Gasteiger partial charge in [0.1, 0.15) is 18.5 Å². The maximum atomic E-state index is 14.7. The van der Waals surface area contributed by atoms with Gasteiger partial charge in [-0.3, -0.25) is 4.98 Å². The summed E-state index contributed by atoms with van der Waals surface area (Å²) in [7, 11) is 1.12. The number of aromatic nitrogens is 1. The molecule has 1 aliphatic heterocycles. The Kier molecular flexibility index (Phi) is 7.91. The molecule has 0 bridgehead atoms. The highest BCUT2D eigenvalue weighted by Crippen LogP contribution is 2.59. The minimum Gasteiger partial charge on any atom is -0.493 e. The molecule has 10 heteroatoms. The molecule has 0 unspecified atom stereocenters. The predicted molar refractivity (Wildman–Crippen MR) is 133 cm³/mol. The van der Waals surface area contributed by atoms with Crippen molar-refractivity contribution in [1.29, 1.82) is 0 Å². The van der Waals surface area contributed by atoms with Gasteiger partial charge in [0.25, 0.3) is 0 Å². The van der Waals surface area contributed by atoms with Crippen LogP contribution in [0.5, 0.6) is 11.5 Å². The maximum Gasteiger partial charge on any atom is 0.417 e. The van der Waals surface area contributed by atoms with Crippen LogP contribution in [-0.2, 0) is 11.3 Å². The number of hydrogen-bond acceptors (Lipinski definition) is 5. The third-order valence-electron chi connectivity index (χ3n) is 7.49. The number of aliphatic hydroxyl groups excluding tert-OH is 1.